The largest absolute Gasteiger partial charge is 0.384 e. The topological polar surface area (TPSA) is 93.2 Å². The maximum absolute atomic E-state index is 12.3. The molecule has 2 aliphatic rings. The molecule has 2 heterocycles. The highest BCUT2D eigenvalue weighted by Gasteiger charge is 2.41. The first kappa shape index (κ1) is 16.3. The van der Waals surface area contributed by atoms with E-state index in [-0.39, 0.29) is 29.8 Å². The van der Waals surface area contributed by atoms with Crippen molar-refractivity contribution in [2.45, 2.75) is 44.7 Å². The molecule has 2 N–H and O–H groups in total. The molecule has 1 aliphatic carbocycles. The summed E-state index contributed by atoms with van der Waals surface area (Å²) >= 11 is 1.12. The molecule has 1 aliphatic heterocycles. The molecule has 0 radical (unpaired) electrons. The Morgan fingerprint density at radius 2 is 2.30 bits per heavy atom. The number of aromatic nitrogens is 2. The van der Waals surface area contributed by atoms with Crippen LogP contribution in [0.2, 0.25) is 0 Å². The van der Waals surface area contributed by atoms with Gasteiger partial charge in [-0.1, -0.05) is 4.49 Å². The number of nitrogens with one attached hydrogen (secondary N) is 2. The van der Waals surface area contributed by atoms with Crippen molar-refractivity contribution >= 4 is 23.3 Å². The van der Waals surface area contributed by atoms with E-state index in [9.17, 15) is 9.59 Å². The van der Waals surface area contributed by atoms with Crippen LogP contribution in [0.3, 0.4) is 0 Å². The van der Waals surface area contributed by atoms with Crippen molar-refractivity contribution in [1.29, 1.82) is 0 Å². The van der Waals surface area contributed by atoms with E-state index in [0.717, 1.165) is 30.8 Å². The van der Waals surface area contributed by atoms with Crippen LogP contribution in [0.25, 0.3) is 0 Å². The molecule has 4 atom stereocenters. The van der Waals surface area contributed by atoms with Gasteiger partial charge in [0.25, 0.3) is 5.91 Å². The number of amides is 2. The van der Waals surface area contributed by atoms with Crippen LogP contribution in [0.5, 0.6) is 0 Å². The second-order valence-electron chi connectivity index (χ2n) is 6.43. The van der Waals surface area contributed by atoms with Gasteiger partial charge in [-0.05, 0) is 49.6 Å². The Hall–Kier alpha value is -1.54. The predicted octanol–water partition coefficient (Wildman–Crippen LogP) is 0.896. The fraction of sp³-hybridized carbons (Fsp3) is 0.733. The number of piperidine rings is 1. The lowest BCUT2D eigenvalue weighted by atomic mass is 9.71. The Balaban J connectivity index is 1.62. The average Bonchev–Trinajstić information content (AvgIpc) is 2.93. The molecule has 1 aromatic rings. The normalized spacial score (nSPS) is 30.4. The number of ether oxygens (including phenoxy) is 1. The van der Waals surface area contributed by atoms with Gasteiger partial charge in [-0.25, -0.2) is 0 Å². The Morgan fingerprint density at radius 3 is 3.00 bits per heavy atom. The summed E-state index contributed by atoms with van der Waals surface area (Å²) in [4.78, 5) is 24.8. The van der Waals surface area contributed by atoms with E-state index in [1.54, 1.807) is 14.0 Å². The van der Waals surface area contributed by atoms with Gasteiger partial charge < -0.3 is 15.4 Å². The summed E-state index contributed by atoms with van der Waals surface area (Å²) in [6.07, 6.45) is 3.23. The van der Waals surface area contributed by atoms with Gasteiger partial charge in [0.1, 0.15) is 4.88 Å². The van der Waals surface area contributed by atoms with Crippen LogP contribution in [0, 0.1) is 18.8 Å². The number of carbonyl (C=O) groups excluding carboxylic acids is 2. The van der Waals surface area contributed by atoms with Crippen LogP contribution in [-0.4, -0.2) is 47.2 Å². The van der Waals surface area contributed by atoms with E-state index in [1.165, 1.54) is 0 Å². The third-order valence-electron chi connectivity index (χ3n) is 4.88. The molecule has 4 unspecified atom stereocenters. The van der Waals surface area contributed by atoms with Gasteiger partial charge in [-0.2, -0.15) is 0 Å². The van der Waals surface area contributed by atoms with Gasteiger partial charge in [0.15, 0.2) is 0 Å². The fourth-order valence-electron chi connectivity index (χ4n) is 3.80. The molecule has 2 amide bonds. The van der Waals surface area contributed by atoms with Crippen LogP contribution in [0.15, 0.2) is 0 Å². The number of aryl methyl sites for hydroxylation is 1. The Labute approximate surface area is 139 Å². The summed E-state index contributed by atoms with van der Waals surface area (Å²) in [7, 11) is 1.68. The Morgan fingerprint density at radius 1 is 1.48 bits per heavy atom. The molecule has 23 heavy (non-hydrogen) atoms. The monoisotopic (exact) mass is 338 g/mol. The number of rotatable bonds is 4. The van der Waals surface area contributed by atoms with Gasteiger partial charge in [0.2, 0.25) is 5.91 Å². The average molecular weight is 338 g/mol. The van der Waals surface area contributed by atoms with E-state index in [2.05, 4.69) is 20.2 Å². The first-order valence-electron chi connectivity index (χ1n) is 7.96. The molecule has 3 rings (SSSR count). The van der Waals surface area contributed by atoms with E-state index in [4.69, 9.17) is 4.74 Å². The second-order valence-corrected chi connectivity index (χ2v) is 7.18. The molecule has 2 fully saturated rings. The van der Waals surface area contributed by atoms with Crippen molar-refractivity contribution in [1.82, 2.24) is 20.2 Å². The van der Waals surface area contributed by atoms with Crippen molar-refractivity contribution in [2.75, 3.05) is 13.7 Å². The summed E-state index contributed by atoms with van der Waals surface area (Å²) in [5.41, 5.74) is 0.660. The lowest BCUT2D eigenvalue weighted by Gasteiger charge is -2.43. The molecular formula is C15H22N4O3S. The molecule has 0 spiro atoms. The summed E-state index contributed by atoms with van der Waals surface area (Å²) < 4.78 is 9.07. The van der Waals surface area contributed by atoms with E-state index in [0.29, 0.717) is 29.5 Å². The second kappa shape index (κ2) is 6.92. The van der Waals surface area contributed by atoms with Gasteiger partial charge in [-0.3, -0.25) is 9.59 Å². The number of carbonyl (C=O) groups is 2. The molecule has 126 valence electrons. The minimum absolute atomic E-state index is 0.0758. The Bertz CT molecular complexity index is 591. The zero-order chi connectivity index (χ0) is 16.4. The minimum Gasteiger partial charge on any atom is -0.384 e. The predicted molar refractivity (Wildman–Crippen MR) is 85.2 cm³/mol. The van der Waals surface area contributed by atoms with Crippen LogP contribution in [-0.2, 0) is 9.53 Å². The van der Waals surface area contributed by atoms with E-state index < -0.39 is 0 Å². The summed E-state index contributed by atoms with van der Waals surface area (Å²) in [5, 5.41) is 10.0. The zero-order valence-corrected chi connectivity index (χ0v) is 14.2. The summed E-state index contributed by atoms with van der Waals surface area (Å²) in [6.45, 7) is 2.41. The van der Waals surface area contributed by atoms with Crippen LogP contribution < -0.4 is 10.6 Å². The lowest BCUT2D eigenvalue weighted by Crippen LogP contribution is -2.56. The van der Waals surface area contributed by atoms with Crippen molar-refractivity contribution in [3.8, 4) is 0 Å². The number of hydrogen-bond donors (Lipinski definition) is 2. The molecule has 8 heteroatoms. The standard InChI is InChI=1S/C15H22N4O3S/c1-8-14(23-19-18-8)15(21)16-10-3-4-11-9(7-22-2)5-13(20)17-12(11)6-10/h9-12H,3-7H2,1-2H3,(H,16,21)(H,17,20). The van der Waals surface area contributed by atoms with Crippen molar-refractivity contribution in [3.63, 3.8) is 0 Å². The minimum atomic E-state index is -0.114. The number of methoxy groups -OCH3 is 1. The highest BCUT2D eigenvalue weighted by Crippen LogP contribution is 2.35. The van der Waals surface area contributed by atoms with Crippen LogP contribution in [0.4, 0.5) is 0 Å². The molecule has 1 aromatic heterocycles. The van der Waals surface area contributed by atoms with Crippen LogP contribution in [0.1, 0.15) is 41.0 Å². The lowest BCUT2D eigenvalue weighted by molar-refractivity contribution is -0.128. The molecule has 7 nitrogen and oxygen atoms in total. The van der Waals surface area contributed by atoms with Crippen molar-refractivity contribution in [3.05, 3.63) is 10.6 Å². The summed E-state index contributed by atoms with van der Waals surface area (Å²) in [5.74, 6) is 0.690. The zero-order valence-electron chi connectivity index (χ0n) is 13.4. The first-order chi connectivity index (χ1) is 11.1. The smallest absolute Gasteiger partial charge is 0.265 e. The number of fused-ring (bicyclic) bond motifs is 1. The highest BCUT2D eigenvalue weighted by molar-refractivity contribution is 7.08. The number of hydrogen-bond acceptors (Lipinski definition) is 6. The van der Waals surface area contributed by atoms with Crippen molar-refractivity contribution in [2.24, 2.45) is 11.8 Å². The molecule has 0 bridgehead atoms. The summed E-state index contributed by atoms with van der Waals surface area (Å²) in [6, 6.07) is 0.197. The quantitative estimate of drug-likeness (QED) is 0.851. The SMILES string of the molecule is COCC1CC(=O)NC2CC(NC(=O)c3snnc3C)CCC12. The highest BCUT2D eigenvalue weighted by atomic mass is 32.1. The maximum Gasteiger partial charge on any atom is 0.265 e. The molecule has 1 saturated heterocycles. The van der Waals surface area contributed by atoms with E-state index in [1.807, 2.05) is 0 Å². The third-order valence-corrected chi connectivity index (χ3v) is 5.70. The molecule has 1 saturated carbocycles. The van der Waals surface area contributed by atoms with Crippen LogP contribution >= 0.6 is 11.5 Å². The number of nitrogens with zero attached hydrogens (tertiary/aromatic N) is 2. The third kappa shape index (κ3) is 3.53. The van der Waals surface area contributed by atoms with Gasteiger partial charge >= 0.3 is 0 Å². The Kier molecular flexibility index (Phi) is 4.91. The molecule has 0 aromatic carbocycles. The van der Waals surface area contributed by atoms with Gasteiger partial charge in [0, 0.05) is 32.2 Å². The van der Waals surface area contributed by atoms with Crippen molar-refractivity contribution < 1.29 is 14.3 Å². The van der Waals surface area contributed by atoms with Gasteiger partial charge in [-0.15, -0.1) is 5.10 Å². The van der Waals surface area contributed by atoms with Gasteiger partial charge in [0.05, 0.1) is 5.69 Å². The maximum atomic E-state index is 12.3. The molecular weight excluding hydrogens is 316 g/mol. The first-order valence-corrected chi connectivity index (χ1v) is 8.74. The fourth-order valence-corrected chi connectivity index (χ4v) is 4.36. The van der Waals surface area contributed by atoms with E-state index >= 15 is 0 Å².